The summed E-state index contributed by atoms with van der Waals surface area (Å²) in [7, 11) is 0. The Labute approximate surface area is 114 Å². The van der Waals surface area contributed by atoms with Crippen LogP contribution in [-0.4, -0.2) is 20.7 Å². The maximum Gasteiger partial charge on any atom is 0.0807 e. The van der Waals surface area contributed by atoms with Crippen molar-refractivity contribution >= 4 is 11.8 Å². The fourth-order valence-corrected chi connectivity index (χ4v) is 4.64. The summed E-state index contributed by atoms with van der Waals surface area (Å²) in [6.45, 7) is 3.34. The van der Waals surface area contributed by atoms with Crippen LogP contribution in [0.1, 0.15) is 55.2 Å². The van der Waals surface area contributed by atoms with E-state index in [1.54, 1.807) is 0 Å². The van der Waals surface area contributed by atoms with Crippen molar-refractivity contribution < 1.29 is 5.11 Å². The van der Waals surface area contributed by atoms with Gasteiger partial charge in [-0.05, 0) is 50.8 Å². The van der Waals surface area contributed by atoms with Gasteiger partial charge in [-0.25, -0.2) is 0 Å². The monoisotopic (exact) mass is 265 g/mol. The van der Waals surface area contributed by atoms with E-state index in [1.165, 1.54) is 42.0 Å². The lowest BCUT2D eigenvalue weighted by atomic mass is 9.95. The molecule has 0 bridgehead atoms. The Hall–Kier alpha value is -0.410. The Kier molecular flexibility index (Phi) is 3.71. The van der Waals surface area contributed by atoms with Crippen molar-refractivity contribution in [1.29, 1.82) is 0 Å². The number of thioether (sulfide) groups is 1. The molecule has 0 saturated carbocycles. The SMILES string of the molecule is Cc1cc2c(n1CC1CCCCS1)CCCC2O. The van der Waals surface area contributed by atoms with Crippen molar-refractivity contribution in [2.45, 2.75) is 63.3 Å². The van der Waals surface area contributed by atoms with E-state index in [0.717, 1.165) is 31.1 Å². The number of aliphatic hydroxyl groups is 1. The van der Waals surface area contributed by atoms with E-state index < -0.39 is 0 Å². The molecule has 1 aliphatic heterocycles. The molecule has 2 heterocycles. The second-order valence-corrected chi connectivity index (χ2v) is 7.10. The quantitative estimate of drug-likeness (QED) is 0.886. The lowest BCUT2D eigenvalue weighted by Gasteiger charge is -2.25. The highest BCUT2D eigenvalue weighted by atomic mass is 32.2. The molecule has 1 saturated heterocycles. The number of aryl methyl sites for hydroxylation is 1. The van der Waals surface area contributed by atoms with Crippen LogP contribution in [0.2, 0.25) is 0 Å². The van der Waals surface area contributed by atoms with Gasteiger partial charge in [-0.1, -0.05) is 6.42 Å². The first-order valence-electron chi connectivity index (χ1n) is 7.24. The molecule has 100 valence electrons. The van der Waals surface area contributed by atoms with Crippen molar-refractivity contribution in [3.05, 3.63) is 23.0 Å². The molecule has 1 aromatic rings. The van der Waals surface area contributed by atoms with E-state index in [4.69, 9.17) is 0 Å². The number of rotatable bonds is 2. The summed E-state index contributed by atoms with van der Waals surface area (Å²) in [4.78, 5) is 0. The van der Waals surface area contributed by atoms with Crippen LogP contribution in [0.4, 0.5) is 0 Å². The molecule has 2 atom stereocenters. The van der Waals surface area contributed by atoms with Crippen molar-refractivity contribution in [2.75, 3.05) is 5.75 Å². The Morgan fingerprint density at radius 2 is 2.22 bits per heavy atom. The van der Waals surface area contributed by atoms with Crippen LogP contribution in [0.5, 0.6) is 0 Å². The van der Waals surface area contributed by atoms with Gasteiger partial charge in [0.1, 0.15) is 0 Å². The average Bonchev–Trinajstić information content (AvgIpc) is 2.70. The largest absolute Gasteiger partial charge is 0.388 e. The molecular weight excluding hydrogens is 242 g/mol. The summed E-state index contributed by atoms with van der Waals surface area (Å²) in [6, 6.07) is 2.21. The van der Waals surface area contributed by atoms with Crippen LogP contribution >= 0.6 is 11.8 Å². The molecule has 1 N–H and O–H groups in total. The first-order chi connectivity index (χ1) is 8.75. The minimum atomic E-state index is -0.215. The Balaban J connectivity index is 1.82. The molecule has 0 aromatic carbocycles. The van der Waals surface area contributed by atoms with E-state index in [1.807, 2.05) is 0 Å². The minimum Gasteiger partial charge on any atom is -0.388 e. The van der Waals surface area contributed by atoms with Gasteiger partial charge in [0.15, 0.2) is 0 Å². The normalized spacial score (nSPS) is 28.1. The minimum absolute atomic E-state index is 0.215. The summed E-state index contributed by atoms with van der Waals surface area (Å²) < 4.78 is 2.49. The molecule has 0 radical (unpaired) electrons. The van der Waals surface area contributed by atoms with E-state index in [0.29, 0.717) is 0 Å². The zero-order chi connectivity index (χ0) is 12.5. The molecule has 3 heteroatoms. The van der Waals surface area contributed by atoms with E-state index in [2.05, 4.69) is 29.3 Å². The van der Waals surface area contributed by atoms with E-state index in [-0.39, 0.29) is 6.10 Å². The molecular formula is C15H23NOS. The van der Waals surface area contributed by atoms with Crippen LogP contribution in [0.15, 0.2) is 6.07 Å². The van der Waals surface area contributed by atoms with Crippen molar-refractivity contribution in [3.8, 4) is 0 Å². The maximum atomic E-state index is 10.1. The van der Waals surface area contributed by atoms with Crippen LogP contribution in [0.3, 0.4) is 0 Å². The van der Waals surface area contributed by atoms with Crippen molar-refractivity contribution in [2.24, 2.45) is 0 Å². The Bertz CT molecular complexity index is 420. The molecule has 2 unspecified atom stereocenters. The molecule has 1 aliphatic carbocycles. The van der Waals surface area contributed by atoms with Gasteiger partial charge in [0.05, 0.1) is 6.10 Å². The topological polar surface area (TPSA) is 25.2 Å². The highest BCUT2D eigenvalue weighted by Crippen LogP contribution is 2.34. The van der Waals surface area contributed by atoms with Gasteiger partial charge < -0.3 is 9.67 Å². The third-order valence-corrected chi connectivity index (χ3v) is 5.74. The van der Waals surface area contributed by atoms with Crippen molar-refractivity contribution in [1.82, 2.24) is 4.57 Å². The predicted molar refractivity (Wildman–Crippen MR) is 77.2 cm³/mol. The van der Waals surface area contributed by atoms with Gasteiger partial charge in [-0.3, -0.25) is 0 Å². The van der Waals surface area contributed by atoms with E-state index in [9.17, 15) is 5.11 Å². The van der Waals surface area contributed by atoms with Gasteiger partial charge in [-0.2, -0.15) is 11.8 Å². The summed E-state index contributed by atoms with van der Waals surface area (Å²) in [5, 5.41) is 10.9. The second-order valence-electron chi connectivity index (χ2n) is 5.69. The fourth-order valence-electron chi connectivity index (χ4n) is 3.35. The Morgan fingerprint density at radius 3 is 3.00 bits per heavy atom. The first kappa shape index (κ1) is 12.6. The molecule has 0 amide bonds. The zero-order valence-corrected chi connectivity index (χ0v) is 12.0. The molecule has 1 fully saturated rings. The number of hydrogen-bond donors (Lipinski definition) is 1. The number of fused-ring (bicyclic) bond motifs is 1. The summed E-state index contributed by atoms with van der Waals surface area (Å²) >= 11 is 2.14. The number of aromatic nitrogens is 1. The van der Waals surface area contributed by atoms with E-state index >= 15 is 0 Å². The highest BCUT2D eigenvalue weighted by molar-refractivity contribution is 7.99. The molecule has 0 spiro atoms. The molecule has 18 heavy (non-hydrogen) atoms. The lowest BCUT2D eigenvalue weighted by molar-refractivity contribution is 0.155. The maximum absolute atomic E-state index is 10.1. The highest BCUT2D eigenvalue weighted by Gasteiger charge is 2.24. The molecule has 3 rings (SSSR count). The summed E-state index contributed by atoms with van der Waals surface area (Å²) in [5.41, 5.74) is 3.96. The number of nitrogens with zero attached hydrogens (tertiary/aromatic N) is 1. The molecule has 2 aliphatic rings. The number of hydrogen-bond acceptors (Lipinski definition) is 2. The Morgan fingerprint density at radius 1 is 1.33 bits per heavy atom. The molecule has 2 nitrogen and oxygen atoms in total. The predicted octanol–water partition coefficient (Wildman–Crippen LogP) is 3.45. The van der Waals surface area contributed by atoms with Gasteiger partial charge in [0, 0.05) is 28.7 Å². The fraction of sp³-hybridized carbons (Fsp3) is 0.733. The second kappa shape index (κ2) is 5.30. The van der Waals surface area contributed by atoms with Crippen LogP contribution in [0.25, 0.3) is 0 Å². The summed E-state index contributed by atoms with van der Waals surface area (Å²) in [5.74, 6) is 1.33. The number of aliphatic hydroxyl groups excluding tert-OH is 1. The summed E-state index contributed by atoms with van der Waals surface area (Å²) in [6.07, 6.45) is 7.15. The third-order valence-electron chi connectivity index (χ3n) is 4.36. The lowest BCUT2D eigenvalue weighted by Crippen LogP contribution is -2.20. The van der Waals surface area contributed by atoms with Gasteiger partial charge in [0.2, 0.25) is 0 Å². The smallest absolute Gasteiger partial charge is 0.0807 e. The van der Waals surface area contributed by atoms with Gasteiger partial charge in [-0.15, -0.1) is 0 Å². The van der Waals surface area contributed by atoms with Gasteiger partial charge >= 0.3 is 0 Å². The standard InChI is InChI=1S/C15H23NOS/c1-11-9-13-14(6-4-7-15(13)17)16(11)10-12-5-2-3-8-18-12/h9,12,15,17H,2-8,10H2,1H3. The third kappa shape index (κ3) is 2.35. The van der Waals surface area contributed by atoms with Crippen molar-refractivity contribution in [3.63, 3.8) is 0 Å². The van der Waals surface area contributed by atoms with Crippen LogP contribution < -0.4 is 0 Å². The molecule has 1 aromatic heterocycles. The van der Waals surface area contributed by atoms with Gasteiger partial charge in [0.25, 0.3) is 0 Å². The average molecular weight is 265 g/mol. The zero-order valence-electron chi connectivity index (χ0n) is 11.2. The first-order valence-corrected chi connectivity index (χ1v) is 8.29. The van der Waals surface area contributed by atoms with Crippen LogP contribution in [-0.2, 0) is 13.0 Å². The van der Waals surface area contributed by atoms with Crippen LogP contribution in [0, 0.1) is 6.92 Å².